The molecule has 0 saturated carbocycles. The van der Waals surface area contributed by atoms with Crippen LogP contribution in [0.1, 0.15) is 32.6 Å². The summed E-state index contributed by atoms with van der Waals surface area (Å²) in [6.45, 7) is 3.93. The monoisotopic (exact) mass is 236 g/mol. The average molecular weight is 236 g/mol. The molecular weight excluding hydrogens is 216 g/mol. The maximum atomic E-state index is 11.7. The normalized spacial score (nSPS) is 19.5. The van der Waals surface area contributed by atoms with Gasteiger partial charge in [0.2, 0.25) is 5.91 Å². The lowest BCUT2D eigenvalue weighted by molar-refractivity contribution is -0.116. The van der Waals surface area contributed by atoms with Crippen LogP contribution >= 0.6 is 0 Å². The summed E-state index contributed by atoms with van der Waals surface area (Å²) in [6.07, 6.45) is 7.47. The molecule has 17 heavy (non-hydrogen) atoms. The molecule has 1 aromatic heterocycles. The molecule has 5 nitrogen and oxygen atoms in total. The number of carbonyl (C=O) groups excluding carboxylic acids is 1. The lowest BCUT2D eigenvalue weighted by Crippen LogP contribution is -2.23. The minimum atomic E-state index is 0.0781. The van der Waals surface area contributed by atoms with E-state index < -0.39 is 0 Å². The Bertz CT molecular complexity index is 368. The molecule has 2 N–H and O–H groups in total. The minimum Gasteiger partial charge on any atom is -0.323 e. The number of carbonyl (C=O) groups is 1. The largest absolute Gasteiger partial charge is 0.323 e. The van der Waals surface area contributed by atoms with Gasteiger partial charge in [0.1, 0.15) is 0 Å². The lowest BCUT2D eigenvalue weighted by atomic mass is 10.1. The van der Waals surface area contributed by atoms with Crippen LogP contribution in [0.3, 0.4) is 0 Å². The first-order valence-corrected chi connectivity index (χ1v) is 6.33. The lowest BCUT2D eigenvalue weighted by Gasteiger charge is -2.09. The second-order valence-electron chi connectivity index (χ2n) is 4.46. The predicted octanol–water partition coefficient (Wildman–Crippen LogP) is 1.37. The van der Waals surface area contributed by atoms with E-state index in [9.17, 15) is 4.79 Å². The van der Waals surface area contributed by atoms with Crippen molar-refractivity contribution in [1.29, 1.82) is 0 Å². The molecule has 1 fully saturated rings. The van der Waals surface area contributed by atoms with Crippen LogP contribution in [0.2, 0.25) is 0 Å². The molecule has 0 spiro atoms. The first kappa shape index (κ1) is 12.1. The Kier molecular flexibility index (Phi) is 4.14. The van der Waals surface area contributed by atoms with Gasteiger partial charge in [0, 0.05) is 25.2 Å². The van der Waals surface area contributed by atoms with Crippen LogP contribution in [0, 0.1) is 0 Å². The van der Waals surface area contributed by atoms with Crippen molar-refractivity contribution < 1.29 is 4.79 Å². The summed E-state index contributed by atoms with van der Waals surface area (Å²) in [5.41, 5.74) is 0.788. The van der Waals surface area contributed by atoms with Crippen molar-refractivity contribution in [3.05, 3.63) is 12.4 Å². The molecule has 0 aromatic carbocycles. The van der Waals surface area contributed by atoms with Crippen LogP contribution < -0.4 is 10.6 Å². The van der Waals surface area contributed by atoms with Crippen molar-refractivity contribution in [2.24, 2.45) is 0 Å². The number of amides is 1. The molecular formula is C12H20N4O. The zero-order valence-electron chi connectivity index (χ0n) is 10.3. The van der Waals surface area contributed by atoms with Gasteiger partial charge < -0.3 is 10.6 Å². The van der Waals surface area contributed by atoms with Gasteiger partial charge >= 0.3 is 0 Å². The topological polar surface area (TPSA) is 59.0 Å². The van der Waals surface area contributed by atoms with Crippen LogP contribution in [0.4, 0.5) is 5.69 Å². The van der Waals surface area contributed by atoms with E-state index in [0.29, 0.717) is 12.5 Å². The smallest absolute Gasteiger partial charge is 0.224 e. The van der Waals surface area contributed by atoms with E-state index in [0.717, 1.165) is 25.2 Å². The van der Waals surface area contributed by atoms with E-state index in [1.54, 1.807) is 10.9 Å². The number of anilines is 1. The zero-order chi connectivity index (χ0) is 12.1. The molecule has 2 heterocycles. The Morgan fingerprint density at radius 3 is 3.24 bits per heavy atom. The van der Waals surface area contributed by atoms with Gasteiger partial charge in [-0.1, -0.05) is 0 Å². The third-order valence-electron chi connectivity index (χ3n) is 3.12. The third-order valence-corrected chi connectivity index (χ3v) is 3.12. The second kappa shape index (κ2) is 5.82. The minimum absolute atomic E-state index is 0.0781. The van der Waals surface area contributed by atoms with Gasteiger partial charge in [0.25, 0.3) is 0 Å². The Balaban J connectivity index is 1.72. The second-order valence-corrected chi connectivity index (χ2v) is 4.46. The fourth-order valence-corrected chi connectivity index (χ4v) is 2.13. The van der Waals surface area contributed by atoms with E-state index in [-0.39, 0.29) is 5.91 Å². The van der Waals surface area contributed by atoms with Crippen molar-refractivity contribution in [3.8, 4) is 0 Å². The third kappa shape index (κ3) is 3.56. The molecule has 1 aliphatic rings. The first-order chi connectivity index (χ1) is 8.28. The number of rotatable bonds is 5. The standard InChI is InChI=1S/C12H20N4O/c1-2-16-9-11(8-14-16)15-12(17)6-5-10-4-3-7-13-10/h8-10,13H,2-7H2,1H3,(H,15,17). The van der Waals surface area contributed by atoms with Crippen molar-refractivity contribution >= 4 is 11.6 Å². The number of hydrogen-bond acceptors (Lipinski definition) is 3. The van der Waals surface area contributed by atoms with E-state index in [2.05, 4.69) is 15.7 Å². The summed E-state index contributed by atoms with van der Waals surface area (Å²) >= 11 is 0. The molecule has 2 rings (SSSR count). The van der Waals surface area contributed by atoms with E-state index >= 15 is 0 Å². The molecule has 94 valence electrons. The van der Waals surface area contributed by atoms with Crippen LogP contribution in [-0.2, 0) is 11.3 Å². The van der Waals surface area contributed by atoms with Gasteiger partial charge in [0.05, 0.1) is 11.9 Å². The summed E-state index contributed by atoms with van der Waals surface area (Å²) < 4.78 is 1.80. The van der Waals surface area contributed by atoms with Crippen LogP contribution in [0.5, 0.6) is 0 Å². The van der Waals surface area contributed by atoms with Gasteiger partial charge in [-0.3, -0.25) is 9.48 Å². The number of hydrogen-bond donors (Lipinski definition) is 2. The maximum Gasteiger partial charge on any atom is 0.224 e. The summed E-state index contributed by atoms with van der Waals surface area (Å²) in [5.74, 6) is 0.0781. The van der Waals surface area contributed by atoms with E-state index in [1.165, 1.54) is 12.8 Å². The Morgan fingerprint density at radius 1 is 1.71 bits per heavy atom. The molecule has 1 atom stereocenters. The molecule has 5 heteroatoms. The molecule has 1 amide bonds. The number of aryl methyl sites for hydroxylation is 1. The SMILES string of the molecule is CCn1cc(NC(=O)CCC2CCCN2)cn1. The fraction of sp³-hybridized carbons (Fsp3) is 0.667. The number of aromatic nitrogens is 2. The molecule has 0 radical (unpaired) electrons. The predicted molar refractivity (Wildman–Crippen MR) is 66.8 cm³/mol. The van der Waals surface area contributed by atoms with Crippen molar-refractivity contribution in [3.63, 3.8) is 0 Å². The van der Waals surface area contributed by atoms with Crippen molar-refractivity contribution in [2.45, 2.75) is 45.2 Å². The highest BCUT2D eigenvalue weighted by atomic mass is 16.1. The Morgan fingerprint density at radius 2 is 2.59 bits per heavy atom. The maximum absolute atomic E-state index is 11.7. The summed E-state index contributed by atoms with van der Waals surface area (Å²) in [4.78, 5) is 11.7. The van der Waals surface area contributed by atoms with Crippen LogP contribution in [0.25, 0.3) is 0 Å². The molecule has 1 aromatic rings. The highest BCUT2D eigenvalue weighted by molar-refractivity contribution is 5.90. The molecule has 1 unspecified atom stereocenters. The molecule has 0 aliphatic carbocycles. The van der Waals surface area contributed by atoms with Gasteiger partial charge in [-0.25, -0.2) is 0 Å². The van der Waals surface area contributed by atoms with Gasteiger partial charge in [-0.05, 0) is 32.7 Å². The zero-order valence-corrected chi connectivity index (χ0v) is 10.3. The quantitative estimate of drug-likeness (QED) is 0.812. The summed E-state index contributed by atoms with van der Waals surface area (Å²) in [7, 11) is 0. The molecule has 1 aliphatic heterocycles. The highest BCUT2D eigenvalue weighted by Gasteiger charge is 2.15. The highest BCUT2D eigenvalue weighted by Crippen LogP contribution is 2.12. The fourth-order valence-electron chi connectivity index (χ4n) is 2.13. The van der Waals surface area contributed by atoms with Crippen LogP contribution in [0.15, 0.2) is 12.4 Å². The van der Waals surface area contributed by atoms with Gasteiger partial charge in [0.15, 0.2) is 0 Å². The average Bonchev–Trinajstić information content (AvgIpc) is 2.97. The van der Waals surface area contributed by atoms with Crippen molar-refractivity contribution in [2.75, 3.05) is 11.9 Å². The molecule has 1 saturated heterocycles. The van der Waals surface area contributed by atoms with E-state index in [4.69, 9.17) is 0 Å². The number of nitrogens with one attached hydrogen (secondary N) is 2. The van der Waals surface area contributed by atoms with E-state index in [1.807, 2.05) is 13.1 Å². The summed E-state index contributed by atoms with van der Waals surface area (Å²) in [5, 5.41) is 10.4. The van der Waals surface area contributed by atoms with Crippen LogP contribution in [-0.4, -0.2) is 28.3 Å². The first-order valence-electron chi connectivity index (χ1n) is 6.33. The Hall–Kier alpha value is -1.36. The van der Waals surface area contributed by atoms with Gasteiger partial charge in [-0.2, -0.15) is 5.10 Å². The summed E-state index contributed by atoms with van der Waals surface area (Å²) in [6, 6.07) is 0.527. The Labute approximate surface area is 102 Å². The van der Waals surface area contributed by atoms with Gasteiger partial charge in [-0.15, -0.1) is 0 Å². The number of nitrogens with zero attached hydrogens (tertiary/aromatic N) is 2. The molecule has 0 bridgehead atoms. The van der Waals surface area contributed by atoms with Crippen molar-refractivity contribution in [1.82, 2.24) is 15.1 Å².